The average Bonchev–Trinajstić information content (AvgIpc) is 1.91. The first-order chi connectivity index (χ1) is 3.30. The normalized spacial score (nSPS) is 8.12. The van der Waals surface area contributed by atoms with Gasteiger partial charge < -0.3 is 5.73 Å². The number of rotatable bonds is 0. The Kier molecular flexibility index (Phi) is 3.68. The van der Waals surface area contributed by atoms with E-state index in [1.165, 1.54) is 0 Å². The third-order valence-electron chi connectivity index (χ3n) is 0.646. The smallest absolute Gasteiger partial charge is 0.0927 e. The Hall–Kier alpha value is 0.460. The maximum atomic E-state index is 5.40. The van der Waals surface area contributed by atoms with Crippen LogP contribution in [0.2, 0.25) is 0 Å². The molecule has 0 aliphatic carbocycles. The Morgan fingerprint density at radius 1 is 1.62 bits per heavy atom. The van der Waals surface area contributed by atoms with E-state index >= 15 is 0 Å². The minimum Gasteiger partial charge on any atom is -0.397 e. The maximum Gasteiger partial charge on any atom is 0.0927 e. The predicted octanol–water partition coefficient (Wildman–Crippen LogP) is 2.67. The van der Waals surface area contributed by atoms with Gasteiger partial charge in [-0.3, -0.25) is 0 Å². The Morgan fingerprint density at radius 3 is 2.38 bits per heavy atom. The van der Waals surface area contributed by atoms with Crippen LogP contribution in [-0.2, 0) is 0 Å². The van der Waals surface area contributed by atoms with Crippen LogP contribution in [0.3, 0.4) is 0 Å². The van der Waals surface area contributed by atoms with Crippen molar-refractivity contribution in [3.8, 4) is 0 Å². The fraction of sp³-hybridized carbons (Fsp3) is 0. The van der Waals surface area contributed by atoms with Gasteiger partial charge >= 0.3 is 0 Å². The van der Waals surface area contributed by atoms with Crippen LogP contribution in [0, 0.1) is 0 Å². The highest BCUT2D eigenvalue weighted by molar-refractivity contribution is 9.11. The molecule has 0 saturated heterocycles. The van der Waals surface area contributed by atoms with E-state index in [-0.39, 0.29) is 17.0 Å². The van der Waals surface area contributed by atoms with Crippen molar-refractivity contribution in [3.05, 3.63) is 15.2 Å². The molecule has 0 radical (unpaired) electrons. The number of anilines is 1. The van der Waals surface area contributed by atoms with Crippen LogP contribution < -0.4 is 5.73 Å². The average molecular weight is 259 g/mol. The molecule has 0 saturated carbocycles. The van der Waals surface area contributed by atoms with Gasteiger partial charge in [0.25, 0.3) is 0 Å². The number of hydrogen-bond donors (Lipinski definition) is 1. The van der Waals surface area contributed by atoms with Crippen molar-refractivity contribution in [1.82, 2.24) is 0 Å². The summed E-state index contributed by atoms with van der Waals surface area (Å²) in [5.41, 5.74) is 6.23. The van der Waals surface area contributed by atoms with Gasteiger partial charge in [-0.1, -0.05) is 0 Å². The first-order valence-corrected chi connectivity index (χ1v) is 3.46. The molecule has 0 spiro atoms. The summed E-state index contributed by atoms with van der Waals surface area (Å²) in [6, 6.07) is 1.87. The summed E-state index contributed by atoms with van der Waals surface area (Å²) in [6.45, 7) is 0. The lowest BCUT2D eigenvalue weighted by atomic mass is 10.6. The Bertz CT molecular complexity index is 146. The minimum absolute atomic E-state index is 0. The third kappa shape index (κ3) is 1.76. The topological polar surface area (TPSA) is 26.0 Å². The first-order valence-electron chi connectivity index (χ1n) is 1.79. The zero-order valence-corrected chi connectivity index (χ0v) is 8.04. The predicted molar refractivity (Wildman–Crippen MR) is 46.8 cm³/mol. The van der Waals surface area contributed by atoms with Crippen LogP contribution in [0.5, 0.6) is 0 Å². The van der Waals surface area contributed by atoms with Crippen molar-refractivity contribution in [3.63, 3.8) is 0 Å². The van der Waals surface area contributed by atoms with Gasteiger partial charge in [-0.15, -0.1) is 28.3 Å². The minimum atomic E-state index is 0. The van der Waals surface area contributed by atoms with E-state index in [1.807, 2.05) is 11.4 Å². The molecule has 2 N–H and O–H groups in total. The van der Waals surface area contributed by atoms with Crippen LogP contribution in [-0.4, -0.2) is 0 Å². The molecule has 1 nitrogen and oxygen atoms in total. The molecule has 0 unspecified atom stereocenters. The quantitative estimate of drug-likeness (QED) is 0.761. The van der Waals surface area contributed by atoms with Crippen LogP contribution in [0.1, 0.15) is 0 Å². The molecule has 1 heterocycles. The number of hydrogen-bond acceptors (Lipinski definition) is 2. The molecule has 0 amide bonds. The summed E-state index contributed by atoms with van der Waals surface area (Å²) in [5.74, 6) is 0. The van der Waals surface area contributed by atoms with Crippen molar-refractivity contribution < 1.29 is 0 Å². The zero-order chi connectivity index (χ0) is 5.28. The number of nitrogen functional groups attached to an aromatic ring is 1. The van der Waals surface area contributed by atoms with E-state index in [2.05, 4.69) is 15.9 Å². The van der Waals surface area contributed by atoms with Crippen LogP contribution >= 0.6 is 44.2 Å². The third-order valence-corrected chi connectivity index (χ3v) is 2.38. The van der Waals surface area contributed by atoms with Crippen molar-refractivity contribution in [2.24, 2.45) is 0 Å². The zero-order valence-electron chi connectivity index (χ0n) is 3.93. The molecule has 1 aromatic rings. The summed E-state index contributed by atoms with van der Waals surface area (Å²) in [4.78, 5) is 0. The highest BCUT2D eigenvalue weighted by Gasteiger charge is 1.90. The van der Waals surface area contributed by atoms with E-state index in [1.54, 1.807) is 11.3 Å². The van der Waals surface area contributed by atoms with Gasteiger partial charge in [0.2, 0.25) is 0 Å². The lowest BCUT2D eigenvalue weighted by Crippen LogP contribution is -1.77. The molecular formula is C4H5Br2NS. The van der Waals surface area contributed by atoms with E-state index in [9.17, 15) is 0 Å². The SMILES string of the molecule is Br.Nc1ccsc1Br. The Labute approximate surface area is 70.8 Å². The van der Waals surface area contributed by atoms with Crippen molar-refractivity contribution in [2.75, 3.05) is 5.73 Å². The van der Waals surface area contributed by atoms with E-state index < -0.39 is 0 Å². The van der Waals surface area contributed by atoms with Gasteiger partial charge in [-0.2, -0.15) is 0 Å². The number of nitrogens with two attached hydrogens (primary N) is 1. The van der Waals surface area contributed by atoms with Gasteiger partial charge in [0.15, 0.2) is 0 Å². The van der Waals surface area contributed by atoms with Crippen molar-refractivity contribution in [1.29, 1.82) is 0 Å². The molecule has 0 aromatic carbocycles. The van der Waals surface area contributed by atoms with Gasteiger partial charge in [-0.25, -0.2) is 0 Å². The fourth-order valence-corrected chi connectivity index (χ4v) is 1.29. The summed E-state index contributed by atoms with van der Waals surface area (Å²) >= 11 is 4.85. The van der Waals surface area contributed by atoms with Crippen molar-refractivity contribution in [2.45, 2.75) is 0 Å². The van der Waals surface area contributed by atoms with Crippen LogP contribution in [0.25, 0.3) is 0 Å². The molecule has 46 valence electrons. The largest absolute Gasteiger partial charge is 0.397 e. The Morgan fingerprint density at radius 2 is 2.25 bits per heavy atom. The molecule has 0 atom stereocenters. The van der Waals surface area contributed by atoms with Crippen LogP contribution in [0.15, 0.2) is 15.2 Å². The van der Waals surface area contributed by atoms with Crippen molar-refractivity contribution >= 4 is 49.9 Å². The highest BCUT2D eigenvalue weighted by Crippen LogP contribution is 2.24. The van der Waals surface area contributed by atoms with E-state index in [0.717, 1.165) is 9.47 Å². The highest BCUT2D eigenvalue weighted by atomic mass is 79.9. The number of thiophene rings is 1. The Balaban J connectivity index is 0.000000490. The summed E-state index contributed by atoms with van der Waals surface area (Å²) in [5, 5.41) is 1.94. The second-order valence-electron chi connectivity index (χ2n) is 1.15. The van der Waals surface area contributed by atoms with Gasteiger partial charge in [0.1, 0.15) is 0 Å². The van der Waals surface area contributed by atoms with E-state index in [4.69, 9.17) is 5.73 Å². The molecule has 8 heavy (non-hydrogen) atoms. The standard InChI is InChI=1S/C4H4BrNS.BrH/c5-4-3(6)1-2-7-4;/h1-2H,6H2;1H. The van der Waals surface area contributed by atoms with Gasteiger partial charge in [0.05, 0.1) is 9.47 Å². The molecule has 1 aromatic heterocycles. The van der Waals surface area contributed by atoms with Crippen LogP contribution in [0.4, 0.5) is 5.69 Å². The lowest BCUT2D eigenvalue weighted by Gasteiger charge is -1.78. The van der Waals surface area contributed by atoms with Gasteiger partial charge in [-0.05, 0) is 27.4 Å². The molecule has 1 rings (SSSR count). The monoisotopic (exact) mass is 257 g/mol. The number of halogens is 2. The molecule has 0 fully saturated rings. The first kappa shape index (κ1) is 8.46. The molecule has 0 aliphatic rings. The summed E-state index contributed by atoms with van der Waals surface area (Å²) in [7, 11) is 0. The summed E-state index contributed by atoms with van der Waals surface area (Å²) < 4.78 is 1.02. The molecule has 0 bridgehead atoms. The molecule has 0 aliphatic heterocycles. The molecule has 4 heteroatoms. The second kappa shape index (κ2) is 3.48. The van der Waals surface area contributed by atoms with Gasteiger partial charge in [0, 0.05) is 0 Å². The maximum absolute atomic E-state index is 5.40. The lowest BCUT2D eigenvalue weighted by molar-refractivity contribution is 1.85. The second-order valence-corrected chi connectivity index (χ2v) is 3.38. The van der Waals surface area contributed by atoms with E-state index in [0.29, 0.717) is 0 Å². The summed E-state index contributed by atoms with van der Waals surface area (Å²) in [6.07, 6.45) is 0. The molecular weight excluding hydrogens is 254 g/mol. The fourth-order valence-electron chi connectivity index (χ4n) is 0.301.